The molecule has 0 saturated heterocycles. The SMILES string of the molecule is O=C1c2oc3ccccc3c(=O)c2[C@@H](c2cccc([N+](=O)[O-])c2)N1Cc1cccnc1. The van der Waals surface area contributed by atoms with Gasteiger partial charge in [-0.25, -0.2) is 0 Å². The summed E-state index contributed by atoms with van der Waals surface area (Å²) in [4.78, 5) is 43.1. The Morgan fingerprint density at radius 3 is 2.68 bits per heavy atom. The number of nitro benzene ring substituents is 1. The fourth-order valence-corrected chi connectivity index (χ4v) is 3.97. The van der Waals surface area contributed by atoms with Gasteiger partial charge < -0.3 is 9.32 Å². The third-order valence-electron chi connectivity index (χ3n) is 5.35. The molecule has 0 fully saturated rings. The molecule has 0 saturated carbocycles. The summed E-state index contributed by atoms with van der Waals surface area (Å²) in [5, 5.41) is 11.7. The highest BCUT2D eigenvalue weighted by Gasteiger charge is 2.43. The molecule has 5 rings (SSSR count). The van der Waals surface area contributed by atoms with E-state index >= 15 is 0 Å². The Balaban J connectivity index is 1.74. The van der Waals surface area contributed by atoms with Crippen molar-refractivity contribution in [1.29, 1.82) is 0 Å². The second-order valence-corrected chi connectivity index (χ2v) is 7.22. The van der Waals surface area contributed by atoms with Crippen LogP contribution in [0.2, 0.25) is 0 Å². The number of para-hydroxylation sites is 1. The lowest BCUT2D eigenvalue weighted by Crippen LogP contribution is -2.29. The minimum absolute atomic E-state index is 0.0379. The van der Waals surface area contributed by atoms with Crippen LogP contribution in [0, 0.1) is 10.1 Å². The molecule has 1 aliphatic rings. The molecule has 0 spiro atoms. The molecule has 0 radical (unpaired) electrons. The van der Waals surface area contributed by atoms with Gasteiger partial charge in [-0.05, 0) is 29.3 Å². The molecule has 31 heavy (non-hydrogen) atoms. The van der Waals surface area contributed by atoms with Crippen LogP contribution in [-0.2, 0) is 6.54 Å². The van der Waals surface area contributed by atoms with Crippen molar-refractivity contribution in [2.75, 3.05) is 0 Å². The summed E-state index contributed by atoms with van der Waals surface area (Å²) in [5.74, 6) is -0.484. The summed E-state index contributed by atoms with van der Waals surface area (Å²) in [6, 6.07) is 15.4. The van der Waals surface area contributed by atoms with Gasteiger partial charge >= 0.3 is 0 Å². The second-order valence-electron chi connectivity index (χ2n) is 7.22. The molecule has 0 bridgehead atoms. The van der Waals surface area contributed by atoms with Gasteiger partial charge in [-0.15, -0.1) is 0 Å². The van der Waals surface area contributed by atoms with E-state index in [1.165, 1.54) is 17.0 Å². The monoisotopic (exact) mass is 413 g/mol. The van der Waals surface area contributed by atoms with E-state index in [9.17, 15) is 19.7 Å². The Bertz CT molecular complexity index is 1400. The average Bonchev–Trinajstić information content (AvgIpc) is 3.06. The molecule has 1 amide bonds. The van der Waals surface area contributed by atoms with E-state index in [1.807, 2.05) is 6.07 Å². The van der Waals surface area contributed by atoms with Gasteiger partial charge in [0.25, 0.3) is 11.6 Å². The van der Waals surface area contributed by atoms with Crippen LogP contribution in [-0.4, -0.2) is 20.7 Å². The zero-order valence-electron chi connectivity index (χ0n) is 16.1. The molecule has 8 heteroatoms. The predicted octanol–water partition coefficient (Wildman–Crippen LogP) is 3.84. The Morgan fingerprint density at radius 1 is 1.06 bits per heavy atom. The zero-order chi connectivity index (χ0) is 21.5. The van der Waals surface area contributed by atoms with Crippen molar-refractivity contribution in [2.45, 2.75) is 12.6 Å². The van der Waals surface area contributed by atoms with Gasteiger partial charge in [0.1, 0.15) is 5.58 Å². The normalized spacial score (nSPS) is 15.3. The topological polar surface area (TPSA) is 107 Å². The Labute approximate surface area is 175 Å². The maximum atomic E-state index is 13.4. The van der Waals surface area contributed by atoms with Gasteiger partial charge in [0.2, 0.25) is 5.76 Å². The van der Waals surface area contributed by atoms with Crippen LogP contribution in [0.4, 0.5) is 5.69 Å². The lowest BCUT2D eigenvalue weighted by Gasteiger charge is -2.25. The number of pyridine rings is 1. The highest BCUT2D eigenvalue weighted by Crippen LogP contribution is 2.39. The Hall–Kier alpha value is -4.33. The molecule has 0 N–H and O–H groups in total. The Kier molecular flexibility index (Phi) is 4.32. The number of non-ortho nitro benzene ring substituents is 1. The maximum absolute atomic E-state index is 13.4. The predicted molar refractivity (Wildman–Crippen MR) is 112 cm³/mol. The number of hydrogen-bond acceptors (Lipinski definition) is 6. The smallest absolute Gasteiger partial charge is 0.291 e. The lowest BCUT2D eigenvalue weighted by molar-refractivity contribution is -0.384. The third kappa shape index (κ3) is 3.05. The molecule has 1 atom stereocenters. The summed E-state index contributed by atoms with van der Waals surface area (Å²) >= 11 is 0. The highest BCUT2D eigenvalue weighted by atomic mass is 16.6. The quantitative estimate of drug-likeness (QED) is 0.372. The standard InChI is InChI=1S/C23H15N3O5/c27-21-17-8-1-2-9-18(17)31-22-19(21)20(15-6-3-7-16(11-15)26(29)30)25(23(22)28)13-14-5-4-10-24-12-14/h1-12,20H,13H2/t20-/m1/s1. The summed E-state index contributed by atoms with van der Waals surface area (Å²) in [7, 11) is 0. The average molecular weight is 413 g/mol. The number of fused-ring (bicyclic) bond motifs is 2. The van der Waals surface area contributed by atoms with Gasteiger partial charge in [-0.3, -0.25) is 24.7 Å². The largest absolute Gasteiger partial charge is 0.450 e. The minimum atomic E-state index is -0.816. The summed E-state index contributed by atoms with van der Waals surface area (Å²) in [6.45, 7) is 0.167. The number of nitrogens with zero attached hydrogens (tertiary/aromatic N) is 3. The molecule has 2 aromatic carbocycles. The van der Waals surface area contributed by atoms with Gasteiger partial charge in [0, 0.05) is 31.1 Å². The molecule has 8 nitrogen and oxygen atoms in total. The van der Waals surface area contributed by atoms with E-state index in [2.05, 4.69) is 4.98 Å². The van der Waals surface area contributed by atoms with Gasteiger partial charge in [0.05, 0.1) is 21.9 Å². The number of aromatic nitrogens is 1. The lowest BCUT2D eigenvalue weighted by atomic mass is 9.98. The van der Waals surface area contributed by atoms with Crippen LogP contribution in [0.25, 0.3) is 11.0 Å². The molecule has 2 aromatic heterocycles. The van der Waals surface area contributed by atoms with Gasteiger partial charge in [-0.2, -0.15) is 0 Å². The molecule has 3 heterocycles. The molecule has 0 unspecified atom stereocenters. The summed E-state index contributed by atoms with van der Waals surface area (Å²) in [5.41, 5.74) is 1.29. The van der Waals surface area contributed by atoms with Crippen LogP contribution in [0.3, 0.4) is 0 Å². The van der Waals surface area contributed by atoms with Crippen molar-refractivity contribution in [1.82, 2.24) is 9.88 Å². The Morgan fingerprint density at radius 2 is 1.90 bits per heavy atom. The van der Waals surface area contributed by atoms with Gasteiger partial charge in [-0.1, -0.05) is 30.3 Å². The fraction of sp³-hybridized carbons (Fsp3) is 0.0870. The van der Waals surface area contributed by atoms with Crippen molar-refractivity contribution in [3.63, 3.8) is 0 Å². The highest BCUT2D eigenvalue weighted by molar-refractivity contribution is 5.99. The van der Waals surface area contributed by atoms with E-state index in [0.717, 1.165) is 5.56 Å². The molecule has 1 aliphatic heterocycles. The molecule has 4 aromatic rings. The second kappa shape index (κ2) is 7.17. The van der Waals surface area contributed by atoms with Crippen LogP contribution in [0.1, 0.15) is 33.3 Å². The maximum Gasteiger partial charge on any atom is 0.291 e. The number of benzene rings is 2. The first-order chi connectivity index (χ1) is 15.0. The first kappa shape index (κ1) is 18.7. The first-order valence-electron chi connectivity index (χ1n) is 9.54. The van der Waals surface area contributed by atoms with Crippen molar-refractivity contribution in [2.24, 2.45) is 0 Å². The molecule has 0 aliphatic carbocycles. The summed E-state index contributed by atoms with van der Waals surface area (Å²) in [6.07, 6.45) is 3.26. The van der Waals surface area contributed by atoms with E-state index in [1.54, 1.807) is 54.9 Å². The summed E-state index contributed by atoms with van der Waals surface area (Å²) < 4.78 is 5.85. The van der Waals surface area contributed by atoms with Crippen LogP contribution in [0.15, 0.2) is 82.3 Å². The van der Waals surface area contributed by atoms with E-state index < -0.39 is 16.9 Å². The van der Waals surface area contributed by atoms with E-state index in [-0.39, 0.29) is 29.0 Å². The number of hydrogen-bond donors (Lipinski definition) is 0. The van der Waals surface area contributed by atoms with Gasteiger partial charge in [0.15, 0.2) is 5.43 Å². The first-order valence-corrected chi connectivity index (χ1v) is 9.54. The number of carbonyl (C=O) groups excluding carboxylic acids is 1. The van der Waals surface area contributed by atoms with Crippen molar-refractivity contribution >= 4 is 22.6 Å². The van der Waals surface area contributed by atoms with Crippen LogP contribution < -0.4 is 5.43 Å². The van der Waals surface area contributed by atoms with Crippen LogP contribution >= 0.6 is 0 Å². The zero-order valence-corrected chi connectivity index (χ0v) is 16.1. The van der Waals surface area contributed by atoms with Crippen molar-refractivity contribution in [3.8, 4) is 0 Å². The fourth-order valence-electron chi connectivity index (χ4n) is 3.97. The molecular formula is C23H15N3O5. The van der Waals surface area contributed by atoms with Crippen LogP contribution in [0.5, 0.6) is 0 Å². The van der Waals surface area contributed by atoms with Crippen molar-refractivity contribution in [3.05, 3.63) is 116 Å². The number of amides is 1. The molecular weight excluding hydrogens is 398 g/mol. The molecule has 152 valence electrons. The van der Waals surface area contributed by atoms with Crippen molar-refractivity contribution < 1.29 is 14.1 Å². The third-order valence-corrected chi connectivity index (χ3v) is 5.35. The minimum Gasteiger partial charge on any atom is -0.450 e. The number of rotatable bonds is 4. The number of nitro groups is 1. The van der Waals surface area contributed by atoms with E-state index in [4.69, 9.17) is 4.42 Å². The number of carbonyl (C=O) groups is 1. The van der Waals surface area contributed by atoms with E-state index in [0.29, 0.717) is 16.5 Å².